The monoisotopic (exact) mass is 337 g/mol. The Morgan fingerprint density at radius 2 is 2.05 bits per heavy atom. The molecule has 0 saturated heterocycles. The number of non-ortho nitro benzene ring substituents is 1. The molecule has 0 spiro atoms. The average molecular weight is 338 g/mol. The third-order valence-electron chi connectivity index (χ3n) is 2.59. The number of nitrogens with zero attached hydrogens (tertiary/aromatic N) is 1. The number of rotatable bonds is 4. The molecular weight excluding hydrogens is 326 g/mol. The van der Waals surface area contributed by atoms with E-state index in [0.717, 1.165) is 4.47 Å². The van der Waals surface area contributed by atoms with Crippen LogP contribution in [-0.2, 0) is 0 Å². The van der Waals surface area contributed by atoms with Gasteiger partial charge in [-0.1, -0.05) is 15.9 Å². The Bertz CT molecular complexity index is 661. The molecule has 7 heteroatoms. The predicted octanol–water partition coefficient (Wildman–Crippen LogP) is 3.69. The number of nitro benzene ring substituents is 1. The molecule has 0 bridgehead atoms. The lowest BCUT2D eigenvalue weighted by Crippen LogP contribution is -1.98. The lowest BCUT2D eigenvalue weighted by Gasteiger charge is -2.12. The highest BCUT2D eigenvalue weighted by Crippen LogP contribution is 2.32. The van der Waals surface area contributed by atoms with Gasteiger partial charge in [-0.3, -0.25) is 10.1 Å². The topological polar surface area (TPSA) is 90.4 Å². The van der Waals surface area contributed by atoms with Crippen LogP contribution in [0, 0.1) is 10.1 Å². The first-order valence-electron chi connectivity index (χ1n) is 5.65. The van der Waals surface area contributed by atoms with E-state index >= 15 is 0 Å². The zero-order valence-corrected chi connectivity index (χ0v) is 12.2. The van der Waals surface area contributed by atoms with Crippen molar-refractivity contribution in [3.8, 4) is 5.75 Å². The van der Waals surface area contributed by atoms with Crippen LogP contribution in [0.15, 0.2) is 40.9 Å². The van der Waals surface area contributed by atoms with E-state index < -0.39 is 4.92 Å². The third kappa shape index (κ3) is 3.18. The van der Waals surface area contributed by atoms with Crippen LogP contribution in [-0.4, -0.2) is 12.0 Å². The Balaban J connectivity index is 2.39. The Labute approximate surface area is 123 Å². The molecule has 0 atom stereocenters. The van der Waals surface area contributed by atoms with Gasteiger partial charge in [-0.25, -0.2) is 0 Å². The molecule has 2 aromatic rings. The Kier molecular flexibility index (Phi) is 4.09. The van der Waals surface area contributed by atoms with E-state index in [-0.39, 0.29) is 5.69 Å². The lowest BCUT2D eigenvalue weighted by atomic mass is 10.2. The van der Waals surface area contributed by atoms with Crippen LogP contribution in [0.25, 0.3) is 0 Å². The third-order valence-corrected chi connectivity index (χ3v) is 3.08. The van der Waals surface area contributed by atoms with Crippen molar-refractivity contribution in [3.05, 3.63) is 51.0 Å². The molecule has 2 aromatic carbocycles. The molecule has 0 amide bonds. The molecule has 104 valence electrons. The van der Waals surface area contributed by atoms with Crippen LogP contribution in [0.5, 0.6) is 5.75 Å². The second-order valence-corrected chi connectivity index (χ2v) is 4.96. The lowest BCUT2D eigenvalue weighted by molar-refractivity contribution is -0.384. The number of halogens is 1. The summed E-state index contributed by atoms with van der Waals surface area (Å²) < 4.78 is 6.09. The van der Waals surface area contributed by atoms with Crippen LogP contribution in [0.4, 0.5) is 22.7 Å². The van der Waals surface area contributed by atoms with Crippen LogP contribution in [0.3, 0.4) is 0 Å². The number of ether oxygens (including phenoxy) is 1. The fourth-order valence-corrected chi connectivity index (χ4v) is 2.11. The van der Waals surface area contributed by atoms with Gasteiger partial charge in [-0.15, -0.1) is 0 Å². The molecule has 0 saturated carbocycles. The molecule has 0 radical (unpaired) electrons. The molecule has 0 aromatic heterocycles. The van der Waals surface area contributed by atoms with Crippen molar-refractivity contribution in [2.75, 3.05) is 18.2 Å². The second-order valence-electron chi connectivity index (χ2n) is 4.04. The summed E-state index contributed by atoms with van der Waals surface area (Å²) in [5.41, 5.74) is 7.12. The molecule has 0 unspecified atom stereocenters. The van der Waals surface area contributed by atoms with Crippen LogP contribution in [0.2, 0.25) is 0 Å². The first kappa shape index (κ1) is 14.1. The predicted molar refractivity (Wildman–Crippen MR) is 81.5 cm³/mol. The number of hydrogen-bond donors (Lipinski definition) is 2. The van der Waals surface area contributed by atoms with Gasteiger partial charge < -0.3 is 15.8 Å². The summed E-state index contributed by atoms with van der Waals surface area (Å²) in [7, 11) is 1.55. The van der Waals surface area contributed by atoms with Gasteiger partial charge in [0.2, 0.25) is 0 Å². The molecule has 0 aliphatic rings. The van der Waals surface area contributed by atoms with E-state index in [9.17, 15) is 10.1 Å². The summed E-state index contributed by atoms with van der Waals surface area (Å²) in [5, 5.41) is 13.9. The Hall–Kier alpha value is -2.28. The SMILES string of the molecule is COc1ccc(Br)cc1Nc1cc(N)cc([N+](=O)[O-])c1. The van der Waals surface area contributed by atoms with E-state index in [0.29, 0.717) is 22.8 Å². The average Bonchev–Trinajstić information content (AvgIpc) is 2.38. The number of nitrogens with two attached hydrogens (primary N) is 1. The second kappa shape index (κ2) is 5.79. The Morgan fingerprint density at radius 1 is 1.30 bits per heavy atom. The van der Waals surface area contributed by atoms with Crippen molar-refractivity contribution in [1.82, 2.24) is 0 Å². The van der Waals surface area contributed by atoms with Crippen LogP contribution < -0.4 is 15.8 Å². The maximum atomic E-state index is 10.8. The van der Waals surface area contributed by atoms with Crippen molar-refractivity contribution < 1.29 is 9.66 Å². The minimum Gasteiger partial charge on any atom is -0.495 e. The maximum absolute atomic E-state index is 10.8. The van der Waals surface area contributed by atoms with E-state index in [2.05, 4.69) is 21.2 Å². The van der Waals surface area contributed by atoms with E-state index in [1.807, 2.05) is 12.1 Å². The van der Waals surface area contributed by atoms with E-state index in [4.69, 9.17) is 10.5 Å². The molecule has 0 aliphatic carbocycles. The van der Waals surface area contributed by atoms with Gasteiger partial charge in [0.05, 0.1) is 17.7 Å². The van der Waals surface area contributed by atoms with Gasteiger partial charge in [0.25, 0.3) is 5.69 Å². The summed E-state index contributed by atoms with van der Waals surface area (Å²) >= 11 is 3.36. The summed E-state index contributed by atoms with van der Waals surface area (Å²) in [5.74, 6) is 0.623. The molecule has 0 fully saturated rings. The van der Waals surface area contributed by atoms with Crippen molar-refractivity contribution in [2.24, 2.45) is 0 Å². The van der Waals surface area contributed by atoms with Crippen LogP contribution in [0.1, 0.15) is 0 Å². The Morgan fingerprint density at radius 3 is 2.70 bits per heavy atom. The number of benzene rings is 2. The summed E-state index contributed by atoms with van der Waals surface area (Å²) in [6.07, 6.45) is 0. The number of hydrogen-bond acceptors (Lipinski definition) is 5. The minimum atomic E-state index is -0.486. The van der Waals surface area contributed by atoms with Crippen molar-refractivity contribution in [2.45, 2.75) is 0 Å². The van der Waals surface area contributed by atoms with Crippen molar-refractivity contribution in [1.29, 1.82) is 0 Å². The van der Waals surface area contributed by atoms with E-state index in [1.165, 1.54) is 12.1 Å². The fourth-order valence-electron chi connectivity index (χ4n) is 1.75. The summed E-state index contributed by atoms with van der Waals surface area (Å²) in [6.45, 7) is 0. The van der Waals surface area contributed by atoms with Crippen molar-refractivity contribution >= 4 is 38.7 Å². The molecule has 0 heterocycles. The maximum Gasteiger partial charge on any atom is 0.273 e. The quantitative estimate of drug-likeness (QED) is 0.504. The highest BCUT2D eigenvalue weighted by molar-refractivity contribution is 9.10. The molecule has 0 aliphatic heterocycles. The van der Waals surface area contributed by atoms with Gasteiger partial charge in [0, 0.05) is 28.0 Å². The number of nitrogens with one attached hydrogen (secondary N) is 1. The molecule has 20 heavy (non-hydrogen) atoms. The first-order chi connectivity index (χ1) is 9.49. The van der Waals surface area contributed by atoms with Crippen molar-refractivity contribution in [3.63, 3.8) is 0 Å². The van der Waals surface area contributed by atoms with E-state index in [1.54, 1.807) is 19.2 Å². The standard InChI is InChI=1S/C13H12BrN3O3/c1-20-13-3-2-8(14)4-12(13)16-10-5-9(15)6-11(7-10)17(18)19/h2-7,16H,15H2,1H3. The minimum absolute atomic E-state index is 0.0681. The molecular formula is C13H12BrN3O3. The molecule has 2 rings (SSSR count). The number of methoxy groups -OCH3 is 1. The fraction of sp³-hybridized carbons (Fsp3) is 0.0769. The normalized spacial score (nSPS) is 10.1. The van der Waals surface area contributed by atoms with Gasteiger partial charge in [0.1, 0.15) is 5.75 Å². The number of anilines is 3. The largest absolute Gasteiger partial charge is 0.495 e. The van der Waals surface area contributed by atoms with Gasteiger partial charge in [-0.2, -0.15) is 0 Å². The molecule has 6 nitrogen and oxygen atoms in total. The molecule has 3 N–H and O–H groups in total. The van der Waals surface area contributed by atoms with Gasteiger partial charge in [0.15, 0.2) is 0 Å². The smallest absolute Gasteiger partial charge is 0.273 e. The highest BCUT2D eigenvalue weighted by Gasteiger charge is 2.10. The van der Waals surface area contributed by atoms with Gasteiger partial charge >= 0.3 is 0 Å². The summed E-state index contributed by atoms with van der Waals surface area (Å²) in [4.78, 5) is 10.3. The zero-order valence-electron chi connectivity index (χ0n) is 10.6. The van der Waals surface area contributed by atoms with Crippen LogP contribution >= 0.6 is 15.9 Å². The summed E-state index contributed by atoms with van der Waals surface area (Å²) in [6, 6.07) is 9.78. The number of nitrogen functional groups attached to an aromatic ring is 1. The number of nitro groups is 1. The first-order valence-corrected chi connectivity index (χ1v) is 6.44. The van der Waals surface area contributed by atoms with Gasteiger partial charge in [-0.05, 0) is 24.3 Å². The highest BCUT2D eigenvalue weighted by atomic mass is 79.9. The zero-order chi connectivity index (χ0) is 14.7.